The molecule has 1 rings (SSSR count). The fraction of sp³-hybridized carbons (Fsp3) is 0.455. The number of rotatable bonds is 4. The van der Waals surface area contributed by atoms with E-state index in [4.69, 9.17) is 5.73 Å². The third-order valence-corrected chi connectivity index (χ3v) is 3.97. The highest BCUT2D eigenvalue weighted by Gasteiger charge is 2.04. The number of nitrogens with two attached hydrogens (primary N) is 1. The lowest BCUT2D eigenvalue weighted by Crippen LogP contribution is -2.13. The summed E-state index contributed by atoms with van der Waals surface area (Å²) in [7, 11) is 0. The van der Waals surface area contributed by atoms with Crippen LogP contribution in [0.25, 0.3) is 0 Å². The molecule has 0 aliphatic heterocycles. The Morgan fingerprint density at radius 2 is 2.20 bits per heavy atom. The lowest BCUT2D eigenvalue weighted by molar-refractivity contribution is 1.00. The Labute approximate surface area is 104 Å². The molecule has 84 valence electrons. The average Bonchev–Trinajstić information content (AvgIpc) is 2.21. The van der Waals surface area contributed by atoms with Gasteiger partial charge in [0.2, 0.25) is 0 Å². The summed E-state index contributed by atoms with van der Waals surface area (Å²) in [4.78, 5) is 0. The lowest BCUT2D eigenvalue weighted by atomic mass is 10.2. The van der Waals surface area contributed by atoms with Crippen molar-refractivity contribution in [2.45, 2.75) is 19.1 Å². The first kappa shape index (κ1) is 12.7. The number of aryl methyl sites for hydroxylation is 1. The van der Waals surface area contributed by atoms with Crippen LogP contribution in [-0.4, -0.2) is 18.1 Å². The van der Waals surface area contributed by atoms with Gasteiger partial charge in [-0.2, -0.15) is 11.8 Å². The Morgan fingerprint density at radius 1 is 1.53 bits per heavy atom. The molecule has 0 fully saturated rings. The zero-order chi connectivity index (χ0) is 11.4. The first-order valence-corrected chi connectivity index (χ1v) is 6.95. The van der Waals surface area contributed by atoms with Crippen LogP contribution in [0.2, 0.25) is 0 Å². The number of nitrogen functional groups attached to an aromatic ring is 1. The molecule has 0 bridgehead atoms. The van der Waals surface area contributed by atoms with E-state index in [2.05, 4.69) is 40.5 Å². The second-order valence-electron chi connectivity index (χ2n) is 3.62. The van der Waals surface area contributed by atoms with Gasteiger partial charge in [-0.15, -0.1) is 0 Å². The van der Waals surface area contributed by atoms with Gasteiger partial charge in [-0.25, -0.2) is 0 Å². The molecule has 2 nitrogen and oxygen atoms in total. The van der Waals surface area contributed by atoms with Crippen molar-refractivity contribution in [1.82, 2.24) is 0 Å². The molecule has 1 aromatic rings. The molecule has 15 heavy (non-hydrogen) atoms. The van der Waals surface area contributed by atoms with E-state index < -0.39 is 0 Å². The van der Waals surface area contributed by atoms with Gasteiger partial charge >= 0.3 is 0 Å². The summed E-state index contributed by atoms with van der Waals surface area (Å²) >= 11 is 5.36. The minimum Gasteiger partial charge on any atom is -0.398 e. The predicted octanol–water partition coefficient (Wildman–Crippen LogP) is 3.50. The van der Waals surface area contributed by atoms with Gasteiger partial charge in [0.1, 0.15) is 0 Å². The number of halogens is 1. The topological polar surface area (TPSA) is 38.0 Å². The van der Waals surface area contributed by atoms with E-state index >= 15 is 0 Å². The maximum absolute atomic E-state index is 5.81. The van der Waals surface area contributed by atoms with Crippen LogP contribution in [0, 0.1) is 6.92 Å². The Kier molecular flexibility index (Phi) is 4.80. The molecule has 0 aliphatic carbocycles. The first-order chi connectivity index (χ1) is 7.04. The first-order valence-electron chi connectivity index (χ1n) is 4.87. The van der Waals surface area contributed by atoms with Crippen molar-refractivity contribution in [1.29, 1.82) is 0 Å². The van der Waals surface area contributed by atoms with Crippen LogP contribution in [0.15, 0.2) is 16.6 Å². The Morgan fingerprint density at radius 3 is 2.80 bits per heavy atom. The molecule has 0 heterocycles. The third kappa shape index (κ3) is 3.61. The minimum atomic E-state index is 0.606. The van der Waals surface area contributed by atoms with E-state index in [1.54, 1.807) is 0 Å². The van der Waals surface area contributed by atoms with E-state index in [0.29, 0.717) is 5.25 Å². The van der Waals surface area contributed by atoms with E-state index in [-0.39, 0.29) is 0 Å². The van der Waals surface area contributed by atoms with Gasteiger partial charge in [0, 0.05) is 27.6 Å². The standard InChI is InChI=1S/C11H17BrN2S/c1-7-4-11(9(12)5-10(7)13)14-6-8(2)15-3/h4-5,8,14H,6,13H2,1-3H3. The molecule has 1 unspecified atom stereocenters. The highest BCUT2D eigenvalue weighted by Crippen LogP contribution is 2.27. The smallest absolute Gasteiger partial charge is 0.0489 e. The van der Waals surface area contributed by atoms with E-state index in [1.165, 1.54) is 0 Å². The van der Waals surface area contributed by atoms with Crippen molar-refractivity contribution in [2.24, 2.45) is 0 Å². The van der Waals surface area contributed by atoms with Gasteiger partial charge in [-0.1, -0.05) is 6.92 Å². The summed E-state index contributed by atoms with van der Waals surface area (Å²) in [5, 5.41) is 4.01. The molecule has 0 amide bonds. The zero-order valence-electron chi connectivity index (χ0n) is 9.30. The number of thioether (sulfide) groups is 1. The van der Waals surface area contributed by atoms with Gasteiger partial charge in [-0.3, -0.25) is 0 Å². The Balaban J connectivity index is 2.73. The molecule has 0 aromatic heterocycles. The molecule has 0 radical (unpaired) electrons. The van der Waals surface area contributed by atoms with Gasteiger partial charge in [0.15, 0.2) is 0 Å². The molecule has 0 aliphatic rings. The van der Waals surface area contributed by atoms with E-state index in [1.807, 2.05) is 24.8 Å². The number of anilines is 2. The van der Waals surface area contributed by atoms with Crippen LogP contribution >= 0.6 is 27.7 Å². The van der Waals surface area contributed by atoms with E-state index in [9.17, 15) is 0 Å². The Hall–Kier alpha value is -0.350. The second kappa shape index (κ2) is 5.66. The third-order valence-electron chi connectivity index (χ3n) is 2.34. The van der Waals surface area contributed by atoms with Crippen molar-refractivity contribution in [3.05, 3.63) is 22.2 Å². The molecule has 0 saturated carbocycles. The van der Waals surface area contributed by atoms with Gasteiger partial charge in [0.25, 0.3) is 0 Å². The average molecular weight is 289 g/mol. The number of hydrogen-bond donors (Lipinski definition) is 2. The molecule has 0 saturated heterocycles. The van der Waals surface area contributed by atoms with Gasteiger partial charge in [0.05, 0.1) is 0 Å². The molecule has 3 N–H and O–H groups in total. The van der Waals surface area contributed by atoms with Crippen LogP contribution < -0.4 is 11.1 Å². The van der Waals surface area contributed by atoms with Crippen LogP contribution in [0.4, 0.5) is 11.4 Å². The summed E-state index contributed by atoms with van der Waals surface area (Å²) in [6, 6.07) is 4.02. The van der Waals surface area contributed by atoms with E-state index in [0.717, 1.165) is 28.0 Å². The van der Waals surface area contributed by atoms with Crippen molar-refractivity contribution in [3.63, 3.8) is 0 Å². The van der Waals surface area contributed by atoms with Gasteiger partial charge < -0.3 is 11.1 Å². The number of hydrogen-bond acceptors (Lipinski definition) is 3. The zero-order valence-corrected chi connectivity index (χ0v) is 11.7. The summed E-state index contributed by atoms with van der Waals surface area (Å²) in [6.07, 6.45) is 2.12. The predicted molar refractivity (Wildman–Crippen MR) is 74.8 cm³/mol. The summed E-state index contributed by atoms with van der Waals surface area (Å²) in [5.74, 6) is 0. The normalized spacial score (nSPS) is 12.5. The molecule has 0 spiro atoms. The number of benzene rings is 1. The van der Waals surface area contributed by atoms with Crippen molar-refractivity contribution in [3.8, 4) is 0 Å². The highest BCUT2D eigenvalue weighted by molar-refractivity contribution is 9.10. The molecular formula is C11H17BrN2S. The van der Waals surface area contributed by atoms with Crippen molar-refractivity contribution >= 4 is 39.1 Å². The summed E-state index contributed by atoms with van der Waals surface area (Å²) in [6.45, 7) is 5.18. The molecule has 1 atom stereocenters. The van der Waals surface area contributed by atoms with Crippen molar-refractivity contribution < 1.29 is 0 Å². The molecule has 1 aromatic carbocycles. The number of nitrogens with one attached hydrogen (secondary N) is 1. The quantitative estimate of drug-likeness (QED) is 0.833. The molecule has 4 heteroatoms. The van der Waals surface area contributed by atoms with Crippen LogP contribution in [0.3, 0.4) is 0 Å². The molecular weight excluding hydrogens is 272 g/mol. The van der Waals surface area contributed by atoms with Crippen LogP contribution in [0.5, 0.6) is 0 Å². The Bertz CT molecular complexity index is 342. The van der Waals surface area contributed by atoms with Crippen molar-refractivity contribution in [2.75, 3.05) is 23.9 Å². The van der Waals surface area contributed by atoms with Gasteiger partial charge in [-0.05, 0) is 46.8 Å². The second-order valence-corrected chi connectivity index (χ2v) is 5.75. The largest absolute Gasteiger partial charge is 0.398 e. The minimum absolute atomic E-state index is 0.606. The van der Waals surface area contributed by atoms with Crippen LogP contribution in [-0.2, 0) is 0 Å². The lowest BCUT2D eigenvalue weighted by Gasteiger charge is -2.14. The highest BCUT2D eigenvalue weighted by atomic mass is 79.9. The fourth-order valence-corrected chi connectivity index (χ4v) is 1.92. The monoisotopic (exact) mass is 288 g/mol. The fourth-order valence-electron chi connectivity index (χ4n) is 1.17. The SMILES string of the molecule is CSC(C)CNc1cc(C)c(N)cc1Br. The maximum Gasteiger partial charge on any atom is 0.0489 e. The summed E-state index contributed by atoms with van der Waals surface area (Å²) in [5.41, 5.74) is 8.86. The van der Waals surface area contributed by atoms with Crippen LogP contribution in [0.1, 0.15) is 12.5 Å². The maximum atomic E-state index is 5.81. The summed E-state index contributed by atoms with van der Waals surface area (Å²) < 4.78 is 1.03.